The normalized spacial score (nSPS) is 13.5. The highest BCUT2D eigenvalue weighted by Crippen LogP contribution is 2.30. The minimum atomic E-state index is -0.392. The quantitative estimate of drug-likeness (QED) is 0.535. The van der Waals surface area contributed by atoms with Crippen molar-refractivity contribution in [3.8, 4) is 5.69 Å². The van der Waals surface area contributed by atoms with Crippen molar-refractivity contribution in [3.05, 3.63) is 46.5 Å². The zero-order valence-corrected chi connectivity index (χ0v) is 20.4. The summed E-state index contributed by atoms with van der Waals surface area (Å²) in [6.07, 6.45) is 0. The Hall–Kier alpha value is -2.36. The number of hydrogen-bond acceptors (Lipinski definition) is 6. The van der Waals surface area contributed by atoms with Gasteiger partial charge in [-0.1, -0.05) is 23.4 Å². The van der Waals surface area contributed by atoms with Crippen molar-refractivity contribution in [3.63, 3.8) is 0 Å². The molecule has 0 aliphatic rings. The van der Waals surface area contributed by atoms with Crippen LogP contribution in [0, 0.1) is 13.8 Å². The van der Waals surface area contributed by atoms with Gasteiger partial charge in [0, 0.05) is 17.8 Å². The first-order chi connectivity index (χ1) is 14.6. The fraction of sp³-hybridized carbons (Fsp3) is 0.429. The second-order valence-electron chi connectivity index (χ2n) is 7.71. The molecule has 3 rings (SSSR count). The minimum Gasteiger partial charge on any atom is -0.322 e. The number of thioether (sulfide) groups is 1. The molecule has 0 radical (unpaired) electrons. The first-order valence-corrected chi connectivity index (χ1v) is 11.2. The van der Waals surface area contributed by atoms with Crippen LogP contribution in [0.5, 0.6) is 0 Å². The summed E-state index contributed by atoms with van der Waals surface area (Å²) in [4.78, 5) is 15.0. The van der Waals surface area contributed by atoms with Gasteiger partial charge in [0.15, 0.2) is 11.0 Å². The van der Waals surface area contributed by atoms with Crippen LogP contribution >= 0.6 is 23.4 Å². The number of carbonyl (C=O) groups excluding carboxylic acids is 1. The lowest BCUT2D eigenvalue weighted by atomic mass is 10.2. The second-order valence-corrected chi connectivity index (χ2v) is 9.46. The van der Waals surface area contributed by atoms with E-state index in [1.165, 1.54) is 11.8 Å². The van der Waals surface area contributed by atoms with E-state index in [0.29, 0.717) is 10.2 Å². The van der Waals surface area contributed by atoms with Crippen LogP contribution in [0.25, 0.3) is 5.69 Å². The van der Waals surface area contributed by atoms with Crippen LogP contribution in [-0.4, -0.2) is 54.7 Å². The summed E-state index contributed by atoms with van der Waals surface area (Å²) in [5, 5.41) is 17.1. The molecule has 0 aliphatic heterocycles. The Labute approximate surface area is 192 Å². The van der Waals surface area contributed by atoms with E-state index >= 15 is 0 Å². The third kappa shape index (κ3) is 4.94. The molecule has 31 heavy (non-hydrogen) atoms. The maximum absolute atomic E-state index is 12.9. The predicted molar refractivity (Wildman–Crippen MR) is 125 cm³/mol. The zero-order chi connectivity index (χ0) is 22.9. The van der Waals surface area contributed by atoms with Crippen LogP contribution in [0.4, 0.5) is 5.69 Å². The number of amides is 1. The van der Waals surface area contributed by atoms with Crippen LogP contribution in [0.1, 0.15) is 37.1 Å². The van der Waals surface area contributed by atoms with Crippen molar-refractivity contribution < 1.29 is 4.79 Å². The highest BCUT2D eigenvalue weighted by molar-refractivity contribution is 8.00. The molecule has 1 N–H and O–H groups in total. The van der Waals surface area contributed by atoms with Gasteiger partial charge in [0.05, 0.1) is 28.4 Å². The maximum atomic E-state index is 12.9. The van der Waals surface area contributed by atoms with Crippen molar-refractivity contribution in [2.45, 2.75) is 44.1 Å². The lowest BCUT2D eigenvalue weighted by Crippen LogP contribution is -2.24. The van der Waals surface area contributed by atoms with Crippen LogP contribution < -0.4 is 5.32 Å². The molecule has 2 heterocycles. The largest absolute Gasteiger partial charge is 0.322 e. The van der Waals surface area contributed by atoms with E-state index in [9.17, 15) is 4.79 Å². The van der Waals surface area contributed by atoms with Gasteiger partial charge in [-0.05, 0) is 66.1 Å². The topological polar surface area (TPSA) is 80.9 Å². The Morgan fingerprint density at radius 1 is 1.16 bits per heavy atom. The van der Waals surface area contributed by atoms with E-state index in [2.05, 4.69) is 32.4 Å². The van der Waals surface area contributed by atoms with Crippen molar-refractivity contribution in [2.24, 2.45) is 7.05 Å². The molecule has 0 fully saturated rings. The summed E-state index contributed by atoms with van der Waals surface area (Å²) in [7, 11) is 5.85. The number of nitrogens with zero attached hydrogens (tertiary/aromatic N) is 6. The lowest BCUT2D eigenvalue weighted by molar-refractivity contribution is -0.115. The number of halogens is 1. The third-order valence-electron chi connectivity index (χ3n) is 5.30. The summed E-state index contributed by atoms with van der Waals surface area (Å²) in [6.45, 7) is 7.73. The van der Waals surface area contributed by atoms with Gasteiger partial charge in [-0.3, -0.25) is 18.9 Å². The summed E-state index contributed by atoms with van der Waals surface area (Å²) in [5.74, 6) is 0.679. The number of carbonyl (C=O) groups is 1. The summed E-state index contributed by atoms with van der Waals surface area (Å²) < 4.78 is 3.74. The lowest BCUT2D eigenvalue weighted by Gasteiger charge is -2.21. The molecular weight excluding hydrogens is 434 g/mol. The van der Waals surface area contributed by atoms with Gasteiger partial charge in [-0.15, -0.1) is 10.2 Å². The third-order valence-corrected chi connectivity index (χ3v) is 6.59. The molecular formula is C21H28ClN7OS. The molecule has 2 aromatic heterocycles. The van der Waals surface area contributed by atoms with Gasteiger partial charge >= 0.3 is 0 Å². The summed E-state index contributed by atoms with van der Waals surface area (Å²) in [6, 6.07) is 7.55. The van der Waals surface area contributed by atoms with Gasteiger partial charge < -0.3 is 5.32 Å². The summed E-state index contributed by atoms with van der Waals surface area (Å²) in [5.41, 5.74) is 3.35. The number of rotatable bonds is 7. The molecule has 2 unspecified atom stereocenters. The molecule has 1 aromatic carbocycles. The smallest absolute Gasteiger partial charge is 0.237 e. The first kappa shape index (κ1) is 23.3. The molecule has 2 atom stereocenters. The average molecular weight is 462 g/mol. The van der Waals surface area contributed by atoms with E-state index in [4.69, 9.17) is 11.6 Å². The number of anilines is 1. The van der Waals surface area contributed by atoms with E-state index < -0.39 is 5.25 Å². The highest BCUT2D eigenvalue weighted by Gasteiger charge is 2.25. The van der Waals surface area contributed by atoms with Crippen LogP contribution in [0.3, 0.4) is 0 Å². The molecule has 0 bridgehead atoms. The van der Waals surface area contributed by atoms with Crippen molar-refractivity contribution in [2.75, 3.05) is 19.4 Å². The monoisotopic (exact) mass is 461 g/mol. The van der Waals surface area contributed by atoms with Crippen molar-refractivity contribution >= 4 is 35.0 Å². The predicted octanol–water partition coefficient (Wildman–Crippen LogP) is 4.01. The number of aromatic nitrogens is 5. The van der Waals surface area contributed by atoms with E-state index in [-0.39, 0.29) is 11.9 Å². The number of nitrogens with one attached hydrogen (secondary N) is 1. The fourth-order valence-electron chi connectivity index (χ4n) is 3.08. The Bertz CT molecular complexity index is 1070. The zero-order valence-electron chi connectivity index (χ0n) is 18.8. The Balaban J connectivity index is 1.89. The van der Waals surface area contributed by atoms with Crippen molar-refractivity contribution in [1.82, 2.24) is 29.4 Å². The SMILES string of the molecule is Cc1nn(C)c(C)c1NC(=O)C(C)Sc1nnc(C(C)N(C)C)n1-c1ccc(Cl)cc1. The van der Waals surface area contributed by atoms with Gasteiger partial charge in [-0.2, -0.15) is 5.10 Å². The van der Waals surface area contributed by atoms with Gasteiger partial charge in [-0.25, -0.2) is 0 Å². The molecule has 0 saturated carbocycles. The number of benzene rings is 1. The van der Waals surface area contributed by atoms with E-state index in [0.717, 1.165) is 28.6 Å². The van der Waals surface area contributed by atoms with Crippen LogP contribution in [0.15, 0.2) is 29.4 Å². The van der Waals surface area contributed by atoms with Gasteiger partial charge in [0.1, 0.15) is 0 Å². The second kappa shape index (κ2) is 9.42. The van der Waals surface area contributed by atoms with Crippen LogP contribution in [-0.2, 0) is 11.8 Å². The van der Waals surface area contributed by atoms with Crippen LogP contribution in [0.2, 0.25) is 5.02 Å². The van der Waals surface area contributed by atoms with Gasteiger partial charge in [0.25, 0.3) is 0 Å². The van der Waals surface area contributed by atoms with Gasteiger partial charge in [0.2, 0.25) is 5.91 Å². The first-order valence-electron chi connectivity index (χ1n) is 9.95. The Morgan fingerprint density at radius 2 is 1.81 bits per heavy atom. The molecule has 0 spiro atoms. The fourth-order valence-corrected chi connectivity index (χ4v) is 4.08. The molecule has 10 heteroatoms. The maximum Gasteiger partial charge on any atom is 0.237 e. The van der Waals surface area contributed by atoms with Crippen molar-refractivity contribution in [1.29, 1.82) is 0 Å². The molecule has 0 saturated heterocycles. The molecule has 8 nitrogen and oxygen atoms in total. The Morgan fingerprint density at radius 3 is 2.35 bits per heavy atom. The highest BCUT2D eigenvalue weighted by atomic mass is 35.5. The molecule has 1 amide bonds. The number of hydrogen-bond donors (Lipinski definition) is 1. The molecule has 166 valence electrons. The average Bonchev–Trinajstić information content (AvgIpc) is 3.23. The summed E-state index contributed by atoms with van der Waals surface area (Å²) >= 11 is 7.45. The number of aryl methyl sites for hydroxylation is 2. The molecule has 0 aliphatic carbocycles. The van der Waals surface area contributed by atoms with E-state index in [1.807, 2.05) is 70.7 Å². The molecule has 3 aromatic rings. The standard InChI is InChI=1S/C21H28ClN7OS/c1-12-18(13(2)28(7)26-12)23-20(30)15(4)31-21-25-24-19(14(3)27(5)6)29(21)17-10-8-16(22)9-11-17/h8-11,14-15H,1-7H3,(H,23,30). The van der Waals surface area contributed by atoms with E-state index in [1.54, 1.807) is 4.68 Å². The minimum absolute atomic E-state index is 0.0300. The Kier molecular flexibility index (Phi) is 7.08.